The molecule has 2 aromatic heterocycles. The Morgan fingerprint density at radius 2 is 1.84 bits per heavy atom. The number of hydrogen-bond donors (Lipinski definition) is 0. The summed E-state index contributed by atoms with van der Waals surface area (Å²) < 4.78 is 6.80. The number of piperazine rings is 1. The van der Waals surface area contributed by atoms with Gasteiger partial charge in [-0.25, -0.2) is 14.6 Å². The molecule has 2 fully saturated rings. The number of rotatable bonds is 4. The number of benzene rings is 1. The fraction of sp³-hybridized carbons (Fsp3) is 0.429. The summed E-state index contributed by atoms with van der Waals surface area (Å²) in [4.78, 5) is 40.0. The van der Waals surface area contributed by atoms with Crippen LogP contribution in [-0.4, -0.2) is 81.5 Å². The van der Waals surface area contributed by atoms with Gasteiger partial charge in [0.25, 0.3) is 0 Å². The first-order valence-electron chi connectivity index (χ1n) is 10.5. The number of methoxy groups -OCH3 is 1. The number of aromatic nitrogens is 5. The normalized spacial score (nSPS) is 19.1. The summed E-state index contributed by atoms with van der Waals surface area (Å²) in [6.07, 6.45) is 1.74. The van der Waals surface area contributed by atoms with Crippen molar-refractivity contribution in [2.75, 3.05) is 49.6 Å². The highest BCUT2D eigenvalue weighted by atomic mass is 16.5. The number of amides is 2. The maximum absolute atomic E-state index is 13.1. The zero-order valence-corrected chi connectivity index (χ0v) is 18.0. The molecule has 2 saturated heterocycles. The topological polar surface area (TPSA) is 110 Å². The highest BCUT2D eigenvalue weighted by molar-refractivity contribution is 6.00. The number of anilines is 2. The van der Waals surface area contributed by atoms with Crippen molar-refractivity contribution in [1.82, 2.24) is 29.9 Å². The minimum absolute atomic E-state index is 0.0290. The van der Waals surface area contributed by atoms with E-state index < -0.39 is 0 Å². The maximum atomic E-state index is 13.1. The van der Waals surface area contributed by atoms with Crippen LogP contribution in [0.1, 0.15) is 6.42 Å². The predicted molar refractivity (Wildman–Crippen MR) is 116 cm³/mol. The highest BCUT2D eigenvalue weighted by Gasteiger charge is 2.38. The largest absolute Gasteiger partial charge is 0.497 e. The number of hydrogen-bond acceptors (Lipinski definition) is 8. The van der Waals surface area contributed by atoms with E-state index in [0.29, 0.717) is 43.9 Å². The second-order valence-corrected chi connectivity index (χ2v) is 8.00. The molecule has 0 N–H and O–H groups in total. The summed E-state index contributed by atoms with van der Waals surface area (Å²) in [6.45, 7) is 2.81. The van der Waals surface area contributed by atoms with E-state index in [1.165, 1.54) is 6.33 Å². The van der Waals surface area contributed by atoms with Gasteiger partial charge in [0.05, 0.1) is 13.0 Å². The van der Waals surface area contributed by atoms with Crippen molar-refractivity contribution >= 4 is 34.5 Å². The Balaban J connectivity index is 1.23. The number of aryl methyl sites for hydroxylation is 1. The van der Waals surface area contributed by atoms with Crippen LogP contribution in [0.3, 0.4) is 0 Å². The second-order valence-electron chi connectivity index (χ2n) is 8.00. The SMILES string of the molecule is COc1ccc(N2CC(C(=O)N3CCN(c4ncnc5c4nnn5C)CC3)CC2=O)cc1. The van der Waals surface area contributed by atoms with Crippen molar-refractivity contribution in [3.8, 4) is 5.75 Å². The molecule has 32 heavy (non-hydrogen) atoms. The smallest absolute Gasteiger partial charge is 0.228 e. The van der Waals surface area contributed by atoms with Gasteiger partial charge in [-0.2, -0.15) is 0 Å². The number of carbonyl (C=O) groups is 2. The monoisotopic (exact) mass is 436 g/mol. The molecule has 11 heteroatoms. The minimum atomic E-state index is -0.332. The van der Waals surface area contributed by atoms with E-state index in [0.717, 1.165) is 17.3 Å². The summed E-state index contributed by atoms with van der Waals surface area (Å²) in [5.74, 6) is 1.13. The fourth-order valence-electron chi connectivity index (χ4n) is 4.35. The van der Waals surface area contributed by atoms with Gasteiger partial charge in [-0.1, -0.05) is 5.21 Å². The fourth-order valence-corrected chi connectivity index (χ4v) is 4.35. The molecule has 0 saturated carbocycles. The lowest BCUT2D eigenvalue weighted by atomic mass is 10.1. The van der Waals surface area contributed by atoms with Gasteiger partial charge in [0.1, 0.15) is 12.1 Å². The van der Waals surface area contributed by atoms with Crippen molar-refractivity contribution in [3.05, 3.63) is 30.6 Å². The molecule has 0 spiro atoms. The molecule has 2 aliphatic rings. The van der Waals surface area contributed by atoms with Crippen molar-refractivity contribution < 1.29 is 14.3 Å². The van der Waals surface area contributed by atoms with Crippen LogP contribution in [0.15, 0.2) is 30.6 Å². The van der Waals surface area contributed by atoms with Crippen LogP contribution in [0.5, 0.6) is 5.75 Å². The number of carbonyl (C=O) groups excluding carboxylic acids is 2. The molecule has 3 aromatic rings. The summed E-state index contributed by atoms with van der Waals surface area (Å²) in [6, 6.07) is 7.32. The lowest BCUT2D eigenvalue weighted by Crippen LogP contribution is -2.51. The molecule has 0 aliphatic carbocycles. The predicted octanol–water partition coefficient (Wildman–Crippen LogP) is 0.469. The number of fused-ring (bicyclic) bond motifs is 1. The summed E-state index contributed by atoms with van der Waals surface area (Å²) in [5.41, 5.74) is 2.12. The molecule has 0 bridgehead atoms. The number of nitrogens with zero attached hydrogens (tertiary/aromatic N) is 8. The lowest BCUT2D eigenvalue weighted by molar-refractivity contribution is -0.136. The first kappa shape index (κ1) is 20.2. The molecule has 1 aromatic carbocycles. The van der Waals surface area contributed by atoms with Crippen LogP contribution in [-0.2, 0) is 16.6 Å². The van der Waals surface area contributed by atoms with Gasteiger partial charge in [0, 0.05) is 51.9 Å². The van der Waals surface area contributed by atoms with Gasteiger partial charge in [0.15, 0.2) is 17.0 Å². The van der Waals surface area contributed by atoms with E-state index in [4.69, 9.17) is 4.74 Å². The minimum Gasteiger partial charge on any atom is -0.497 e. The molecule has 5 rings (SSSR count). The first-order chi connectivity index (χ1) is 15.5. The van der Waals surface area contributed by atoms with Crippen LogP contribution in [0.4, 0.5) is 11.5 Å². The Bertz CT molecular complexity index is 1150. The Morgan fingerprint density at radius 1 is 1.09 bits per heavy atom. The maximum Gasteiger partial charge on any atom is 0.228 e. The van der Waals surface area contributed by atoms with Crippen LogP contribution < -0.4 is 14.5 Å². The Hall–Kier alpha value is -3.76. The standard InChI is InChI=1S/C21H24N8O3/c1-26-19-18(24-25-26)20(23-13-22-19)27-7-9-28(10-8-27)21(31)14-11-17(30)29(12-14)15-3-5-16(32-2)6-4-15/h3-6,13-14H,7-12H2,1-2H3. The van der Waals surface area contributed by atoms with E-state index in [2.05, 4.69) is 25.2 Å². The third-order valence-electron chi connectivity index (χ3n) is 6.12. The third-order valence-corrected chi connectivity index (χ3v) is 6.12. The van der Waals surface area contributed by atoms with Crippen molar-refractivity contribution in [2.24, 2.45) is 13.0 Å². The van der Waals surface area contributed by atoms with Gasteiger partial charge in [-0.15, -0.1) is 5.10 Å². The van der Waals surface area contributed by atoms with Crippen molar-refractivity contribution in [2.45, 2.75) is 6.42 Å². The Labute approximate surface area is 184 Å². The second kappa shape index (κ2) is 8.06. The van der Waals surface area contributed by atoms with E-state index in [9.17, 15) is 9.59 Å². The van der Waals surface area contributed by atoms with Crippen molar-refractivity contribution in [3.63, 3.8) is 0 Å². The van der Waals surface area contributed by atoms with Gasteiger partial charge in [0.2, 0.25) is 11.8 Å². The van der Waals surface area contributed by atoms with E-state index in [-0.39, 0.29) is 24.2 Å². The van der Waals surface area contributed by atoms with E-state index in [1.807, 2.05) is 29.2 Å². The molecular weight excluding hydrogens is 412 g/mol. The summed E-state index contributed by atoms with van der Waals surface area (Å²) >= 11 is 0. The zero-order valence-electron chi connectivity index (χ0n) is 18.0. The average Bonchev–Trinajstić information content (AvgIpc) is 3.41. The molecule has 2 amide bonds. The van der Waals surface area contributed by atoms with Gasteiger partial charge in [-0.05, 0) is 24.3 Å². The Morgan fingerprint density at radius 3 is 2.56 bits per heavy atom. The van der Waals surface area contributed by atoms with Crippen LogP contribution >= 0.6 is 0 Å². The molecule has 166 valence electrons. The molecular formula is C21H24N8O3. The van der Waals surface area contributed by atoms with E-state index >= 15 is 0 Å². The zero-order chi connectivity index (χ0) is 22.2. The molecule has 1 unspecified atom stereocenters. The van der Waals surface area contributed by atoms with E-state index in [1.54, 1.807) is 23.7 Å². The average molecular weight is 436 g/mol. The number of ether oxygens (including phenoxy) is 1. The Kier molecular flexibility index (Phi) is 5.08. The third kappa shape index (κ3) is 3.49. The van der Waals surface area contributed by atoms with Crippen LogP contribution in [0.2, 0.25) is 0 Å². The van der Waals surface area contributed by atoms with Crippen LogP contribution in [0.25, 0.3) is 11.2 Å². The molecule has 4 heterocycles. The van der Waals surface area contributed by atoms with Crippen LogP contribution in [0, 0.1) is 5.92 Å². The highest BCUT2D eigenvalue weighted by Crippen LogP contribution is 2.28. The molecule has 0 radical (unpaired) electrons. The van der Waals surface area contributed by atoms with Crippen molar-refractivity contribution in [1.29, 1.82) is 0 Å². The van der Waals surface area contributed by atoms with Gasteiger partial charge < -0.3 is 19.4 Å². The van der Waals surface area contributed by atoms with Gasteiger partial charge in [-0.3, -0.25) is 9.59 Å². The molecule has 2 aliphatic heterocycles. The molecule has 1 atom stereocenters. The van der Waals surface area contributed by atoms with Gasteiger partial charge >= 0.3 is 0 Å². The lowest BCUT2D eigenvalue weighted by Gasteiger charge is -2.36. The first-order valence-corrected chi connectivity index (χ1v) is 10.5. The molecule has 11 nitrogen and oxygen atoms in total. The summed E-state index contributed by atoms with van der Waals surface area (Å²) in [7, 11) is 3.39. The quantitative estimate of drug-likeness (QED) is 0.581. The summed E-state index contributed by atoms with van der Waals surface area (Å²) in [5, 5.41) is 8.21.